The molecule has 0 bridgehead atoms. The first-order valence-corrected chi connectivity index (χ1v) is 12.2. The molecule has 2 N–H and O–H groups in total. The van der Waals surface area contributed by atoms with Gasteiger partial charge in [-0.1, -0.05) is 30.3 Å². The zero-order valence-electron chi connectivity index (χ0n) is 19.7. The molecule has 1 atom stereocenters. The van der Waals surface area contributed by atoms with Gasteiger partial charge in [0.05, 0.1) is 5.56 Å². The van der Waals surface area contributed by atoms with Crippen molar-refractivity contribution in [3.63, 3.8) is 0 Å². The minimum Gasteiger partial charge on any atom is -0.486 e. The fraction of sp³-hybridized carbons (Fsp3) is 0.269. The number of nitrogens with zero attached hydrogens (tertiary/aromatic N) is 1. The number of ether oxygens (including phenoxy) is 1. The van der Waals surface area contributed by atoms with Crippen LogP contribution in [0.5, 0.6) is 5.75 Å². The number of benzene rings is 3. The Morgan fingerprint density at radius 2 is 1.60 bits per heavy atom. The summed E-state index contributed by atoms with van der Waals surface area (Å²) < 4.78 is 46.0. The number of nitrogens with one attached hydrogen (secondary N) is 2. The van der Waals surface area contributed by atoms with Crippen molar-refractivity contribution in [1.82, 2.24) is 4.90 Å². The van der Waals surface area contributed by atoms with E-state index < -0.39 is 17.8 Å². The molecule has 0 saturated carbocycles. The molecule has 0 aliphatic rings. The molecule has 0 aliphatic heterocycles. The SMILES string of the molecule is CSc1ccc(NC(=O)Nc2ccc(OC(CCN(C)C)c3ccccc3)cc2)cc1C(F)(F)F. The fourth-order valence-electron chi connectivity index (χ4n) is 3.42. The van der Waals surface area contributed by atoms with Gasteiger partial charge in [-0.3, -0.25) is 0 Å². The number of hydrogen-bond acceptors (Lipinski definition) is 4. The highest BCUT2D eigenvalue weighted by atomic mass is 32.2. The van der Waals surface area contributed by atoms with Gasteiger partial charge in [0.15, 0.2) is 0 Å². The van der Waals surface area contributed by atoms with Crippen molar-refractivity contribution in [2.75, 3.05) is 37.5 Å². The molecular formula is C26H28F3N3O2S. The van der Waals surface area contributed by atoms with Gasteiger partial charge in [0, 0.05) is 29.2 Å². The van der Waals surface area contributed by atoms with Crippen LogP contribution in [0.4, 0.5) is 29.3 Å². The lowest BCUT2D eigenvalue weighted by atomic mass is 10.1. The van der Waals surface area contributed by atoms with E-state index in [1.54, 1.807) is 30.5 Å². The summed E-state index contributed by atoms with van der Waals surface area (Å²) in [6, 6.07) is 19.9. The largest absolute Gasteiger partial charge is 0.486 e. The normalized spacial score (nSPS) is 12.3. The van der Waals surface area contributed by atoms with E-state index >= 15 is 0 Å². The van der Waals surface area contributed by atoms with Crippen molar-refractivity contribution in [3.05, 3.63) is 83.9 Å². The Balaban J connectivity index is 1.64. The molecule has 3 rings (SSSR count). The lowest BCUT2D eigenvalue weighted by molar-refractivity contribution is -0.139. The van der Waals surface area contributed by atoms with Gasteiger partial charge in [-0.15, -0.1) is 11.8 Å². The van der Waals surface area contributed by atoms with Gasteiger partial charge in [0.1, 0.15) is 11.9 Å². The summed E-state index contributed by atoms with van der Waals surface area (Å²) in [4.78, 5) is 14.5. The molecule has 35 heavy (non-hydrogen) atoms. The average Bonchev–Trinajstić information content (AvgIpc) is 2.82. The van der Waals surface area contributed by atoms with Gasteiger partial charge in [-0.05, 0) is 68.4 Å². The van der Waals surface area contributed by atoms with Crippen molar-refractivity contribution in [1.29, 1.82) is 0 Å². The van der Waals surface area contributed by atoms with E-state index in [1.807, 2.05) is 44.4 Å². The lowest BCUT2D eigenvalue weighted by Crippen LogP contribution is -2.20. The number of rotatable bonds is 9. The molecule has 0 heterocycles. The zero-order chi connectivity index (χ0) is 25.4. The monoisotopic (exact) mass is 503 g/mol. The van der Waals surface area contributed by atoms with Crippen LogP contribution in [0.15, 0.2) is 77.7 Å². The number of alkyl halides is 3. The summed E-state index contributed by atoms with van der Waals surface area (Å²) in [5.74, 6) is 0.644. The molecule has 0 spiro atoms. The van der Waals surface area contributed by atoms with E-state index in [-0.39, 0.29) is 16.7 Å². The number of halogens is 3. The first-order chi connectivity index (χ1) is 16.7. The van der Waals surface area contributed by atoms with Gasteiger partial charge >= 0.3 is 12.2 Å². The first-order valence-electron chi connectivity index (χ1n) is 11.0. The predicted octanol–water partition coefficient (Wildman–Crippen LogP) is 7.14. The van der Waals surface area contributed by atoms with E-state index in [0.717, 1.165) is 36.4 Å². The zero-order valence-corrected chi connectivity index (χ0v) is 20.5. The number of carbonyl (C=O) groups excluding carboxylic acids is 1. The molecule has 9 heteroatoms. The molecular weight excluding hydrogens is 475 g/mol. The summed E-state index contributed by atoms with van der Waals surface area (Å²) in [6.45, 7) is 0.855. The van der Waals surface area contributed by atoms with E-state index in [9.17, 15) is 18.0 Å². The van der Waals surface area contributed by atoms with Gasteiger partial charge in [-0.25, -0.2) is 4.79 Å². The lowest BCUT2D eigenvalue weighted by Gasteiger charge is -2.21. The van der Waals surface area contributed by atoms with Crippen LogP contribution in [0.2, 0.25) is 0 Å². The quantitative estimate of drug-likeness (QED) is 0.305. The number of anilines is 2. The molecule has 1 unspecified atom stereocenters. The molecule has 3 aromatic rings. The van der Waals surface area contributed by atoms with Crippen LogP contribution in [-0.4, -0.2) is 37.8 Å². The number of hydrogen-bond donors (Lipinski definition) is 2. The van der Waals surface area contributed by atoms with E-state index in [2.05, 4.69) is 15.5 Å². The van der Waals surface area contributed by atoms with Gasteiger partial charge in [0.25, 0.3) is 0 Å². The van der Waals surface area contributed by atoms with Crippen LogP contribution >= 0.6 is 11.8 Å². The number of carbonyl (C=O) groups is 1. The minimum absolute atomic E-state index is 0.0548. The molecule has 0 saturated heterocycles. The summed E-state index contributed by atoms with van der Waals surface area (Å²) in [5.41, 5.74) is 0.823. The molecule has 0 aromatic heterocycles. The second-order valence-electron chi connectivity index (χ2n) is 8.13. The van der Waals surface area contributed by atoms with Crippen LogP contribution in [0.3, 0.4) is 0 Å². The maximum absolute atomic E-state index is 13.3. The van der Waals surface area contributed by atoms with Crippen LogP contribution in [0.1, 0.15) is 23.7 Å². The number of urea groups is 1. The predicted molar refractivity (Wildman–Crippen MR) is 135 cm³/mol. The summed E-state index contributed by atoms with van der Waals surface area (Å²) >= 11 is 0.998. The highest BCUT2D eigenvalue weighted by Crippen LogP contribution is 2.37. The summed E-state index contributed by atoms with van der Waals surface area (Å²) in [5, 5.41) is 5.09. The summed E-state index contributed by atoms with van der Waals surface area (Å²) in [7, 11) is 4.02. The molecule has 186 valence electrons. The second-order valence-corrected chi connectivity index (χ2v) is 8.97. The second kappa shape index (κ2) is 12.0. The van der Waals surface area contributed by atoms with Crippen molar-refractivity contribution < 1.29 is 22.7 Å². The van der Waals surface area contributed by atoms with Gasteiger partial charge in [0.2, 0.25) is 0 Å². The third-order valence-corrected chi connectivity index (χ3v) is 5.96. The molecule has 0 radical (unpaired) electrons. The Morgan fingerprint density at radius 3 is 2.20 bits per heavy atom. The van der Waals surface area contributed by atoms with Crippen LogP contribution in [-0.2, 0) is 6.18 Å². The average molecular weight is 504 g/mol. The standard InChI is InChI=1S/C26H28F3N3O2S/c1-32(2)16-15-23(18-7-5-4-6-8-18)34-21-12-9-19(10-13-21)30-25(33)31-20-11-14-24(35-3)22(17-20)26(27,28)29/h4-14,17,23H,15-16H2,1-3H3,(H2,30,31,33). The first kappa shape index (κ1) is 26.4. The highest BCUT2D eigenvalue weighted by molar-refractivity contribution is 7.98. The third kappa shape index (κ3) is 7.93. The molecule has 3 aromatic carbocycles. The Labute approximate surface area is 207 Å². The van der Waals surface area contributed by atoms with Crippen molar-refractivity contribution >= 4 is 29.2 Å². The highest BCUT2D eigenvalue weighted by Gasteiger charge is 2.33. The summed E-state index contributed by atoms with van der Waals surface area (Å²) in [6.07, 6.45) is -2.27. The topological polar surface area (TPSA) is 53.6 Å². The number of amides is 2. The molecule has 2 amide bonds. The van der Waals surface area contributed by atoms with Crippen LogP contribution in [0, 0.1) is 0 Å². The maximum atomic E-state index is 13.3. The van der Waals surface area contributed by atoms with E-state index in [1.165, 1.54) is 12.1 Å². The third-order valence-electron chi connectivity index (χ3n) is 5.16. The Morgan fingerprint density at radius 1 is 0.971 bits per heavy atom. The van der Waals surface area contributed by atoms with Crippen LogP contribution in [0.25, 0.3) is 0 Å². The van der Waals surface area contributed by atoms with Crippen molar-refractivity contribution in [2.24, 2.45) is 0 Å². The maximum Gasteiger partial charge on any atom is 0.417 e. The minimum atomic E-state index is -4.51. The molecule has 5 nitrogen and oxygen atoms in total. The van der Waals surface area contributed by atoms with E-state index in [4.69, 9.17) is 4.74 Å². The number of thioether (sulfide) groups is 1. The van der Waals surface area contributed by atoms with Crippen molar-refractivity contribution in [3.8, 4) is 5.75 Å². The van der Waals surface area contributed by atoms with Crippen LogP contribution < -0.4 is 15.4 Å². The smallest absolute Gasteiger partial charge is 0.417 e. The molecule has 0 aliphatic carbocycles. The Hall–Kier alpha value is -3.17. The van der Waals surface area contributed by atoms with Crippen molar-refractivity contribution in [2.45, 2.75) is 23.6 Å². The Bertz CT molecular complexity index is 1110. The van der Waals surface area contributed by atoms with Gasteiger partial charge < -0.3 is 20.3 Å². The fourth-order valence-corrected chi connectivity index (χ4v) is 4.02. The van der Waals surface area contributed by atoms with Gasteiger partial charge in [-0.2, -0.15) is 13.2 Å². The Kier molecular flexibility index (Phi) is 9.06. The van der Waals surface area contributed by atoms with E-state index in [0.29, 0.717) is 11.4 Å². The molecule has 0 fully saturated rings.